The van der Waals surface area contributed by atoms with E-state index in [1.54, 1.807) is 12.7 Å². The van der Waals surface area contributed by atoms with E-state index in [9.17, 15) is 4.79 Å². The molecule has 1 amide bonds. The molecule has 4 aliphatic rings. The van der Waals surface area contributed by atoms with Crippen LogP contribution in [0.1, 0.15) is 69.8 Å². The van der Waals surface area contributed by atoms with Crippen LogP contribution < -0.4 is 5.73 Å². The van der Waals surface area contributed by atoms with Crippen molar-refractivity contribution >= 4 is 17.5 Å². The van der Waals surface area contributed by atoms with Gasteiger partial charge in [0.05, 0.1) is 6.04 Å². The lowest BCUT2D eigenvalue weighted by Crippen LogP contribution is -2.56. The molecule has 5 atom stereocenters. The number of hydrogen-bond donors (Lipinski definition) is 1. The lowest BCUT2D eigenvalue weighted by Gasteiger charge is -2.42. The molecule has 0 radical (unpaired) electrons. The Morgan fingerprint density at radius 3 is 1.71 bits per heavy atom. The fourth-order valence-corrected chi connectivity index (χ4v) is 9.00. The minimum absolute atomic E-state index is 0.0506. The third kappa shape index (κ3) is 11.1. The first-order valence-electron chi connectivity index (χ1n) is 19.5. The number of halogens is 1. The number of nitrogens with two attached hydrogens (primary N) is 1. The zero-order valence-corrected chi connectivity index (χ0v) is 31.4. The molecule has 4 heterocycles. The van der Waals surface area contributed by atoms with Crippen LogP contribution in [0.15, 0.2) is 49.6 Å². The fraction of sp³-hybridized carbons (Fsp3) is 0.711. The van der Waals surface area contributed by atoms with Gasteiger partial charge in [0.2, 0.25) is 5.91 Å². The molecule has 13 heteroatoms. The number of amides is 1. The van der Waals surface area contributed by atoms with E-state index in [2.05, 4.69) is 41.9 Å². The molecule has 2 aliphatic carbocycles. The molecule has 3 aromatic rings. The van der Waals surface area contributed by atoms with Crippen LogP contribution in [-0.4, -0.2) is 133 Å². The van der Waals surface area contributed by atoms with E-state index >= 15 is 0 Å². The average Bonchev–Trinajstić information content (AvgIpc) is 3.75. The number of benzene rings is 1. The molecule has 0 bridgehead atoms. The Bertz CT molecular complexity index is 1410. The highest BCUT2D eigenvalue weighted by Gasteiger charge is 2.34. The highest BCUT2D eigenvalue weighted by Crippen LogP contribution is 2.31. The molecule has 2 saturated carbocycles. The maximum atomic E-state index is 12.9. The standard InChI is InChI=1S/C23H33ClN6O.C15H27N5/c24-20-8-6-18(7-9-20)14-21(25)23(31)29-12-10-28(11-13-29)22-5-3-1-2-4-19(22)15-30-17-26-16-27-30;1-18-7-9-19(10-8-18)15-6-4-2-3-5-14(15)11-20-13-16-12-17-20/h6-9,16-17,19,21-22H,1-5,10-15,25H2;12-15H,2-11H2,1H3/t19?,21-,22?;/m1./s1. The quantitative estimate of drug-likeness (QED) is 0.327. The second-order valence-corrected chi connectivity index (χ2v) is 15.7. The molecule has 2 aromatic heterocycles. The van der Waals surface area contributed by atoms with Gasteiger partial charge < -0.3 is 15.5 Å². The Hall–Kier alpha value is -2.90. The van der Waals surface area contributed by atoms with Crippen molar-refractivity contribution in [1.29, 1.82) is 0 Å². The molecular weight excluding hydrogens is 662 g/mol. The smallest absolute Gasteiger partial charge is 0.239 e. The van der Waals surface area contributed by atoms with Crippen molar-refractivity contribution in [3.05, 3.63) is 60.2 Å². The summed E-state index contributed by atoms with van der Waals surface area (Å²) in [5.74, 6) is 1.37. The Labute approximate surface area is 309 Å². The van der Waals surface area contributed by atoms with E-state index in [4.69, 9.17) is 17.3 Å². The van der Waals surface area contributed by atoms with Crippen molar-refractivity contribution in [2.75, 3.05) is 59.4 Å². The first-order chi connectivity index (χ1) is 24.9. The lowest BCUT2D eigenvalue weighted by atomic mass is 9.92. The van der Waals surface area contributed by atoms with Crippen molar-refractivity contribution in [1.82, 2.24) is 49.1 Å². The highest BCUT2D eigenvalue weighted by molar-refractivity contribution is 6.30. The molecule has 12 nitrogen and oxygen atoms in total. The summed E-state index contributed by atoms with van der Waals surface area (Å²) in [6.07, 6.45) is 20.7. The summed E-state index contributed by atoms with van der Waals surface area (Å²) in [4.78, 5) is 30.8. The number of carbonyl (C=O) groups is 1. The van der Waals surface area contributed by atoms with Gasteiger partial charge in [0.25, 0.3) is 0 Å². The zero-order chi connectivity index (χ0) is 35.4. The summed E-state index contributed by atoms with van der Waals surface area (Å²) in [6.45, 7) is 10.2. The maximum absolute atomic E-state index is 12.9. The Morgan fingerprint density at radius 1 is 0.725 bits per heavy atom. The maximum Gasteiger partial charge on any atom is 0.239 e. The monoisotopic (exact) mass is 721 g/mol. The molecule has 7 rings (SSSR count). The molecule has 2 aliphatic heterocycles. The van der Waals surface area contributed by atoms with E-state index in [0.29, 0.717) is 23.4 Å². The first-order valence-corrected chi connectivity index (χ1v) is 19.9. The van der Waals surface area contributed by atoms with Gasteiger partial charge in [-0.1, -0.05) is 62.3 Å². The van der Waals surface area contributed by atoms with Crippen LogP contribution in [0.4, 0.5) is 0 Å². The minimum Gasteiger partial charge on any atom is -0.339 e. The Morgan fingerprint density at radius 2 is 1.22 bits per heavy atom. The van der Waals surface area contributed by atoms with Gasteiger partial charge in [0, 0.05) is 82.6 Å². The number of hydrogen-bond acceptors (Lipinski definition) is 9. The van der Waals surface area contributed by atoms with Crippen LogP contribution in [0.2, 0.25) is 5.02 Å². The van der Waals surface area contributed by atoms with Gasteiger partial charge in [-0.15, -0.1) is 0 Å². The summed E-state index contributed by atoms with van der Waals surface area (Å²) in [5.41, 5.74) is 7.30. The second kappa shape index (κ2) is 19.3. The van der Waals surface area contributed by atoms with Crippen molar-refractivity contribution in [2.45, 2.75) is 102 Å². The topological polar surface area (TPSA) is 117 Å². The SMILES string of the molecule is CN1CCN(C2CCCCCC2Cn2cncn2)CC1.N[C@H](Cc1ccc(Cl)cc1)C(=O)N1CCN(C2CCCCCC2Cn2cncn2)CC1. The molecule has 1 aromatic carbocycles. The summed E-state index contributed by atoms with van der Waals surface area (Å²) >= 11 is 5.95. The van der Waals surface area contributed by atoms with Crippen molar-refractivity contribution < 1.29 is 4.79 Å². The molecule has 280 valence electrons. The van der Waals surface area contributed by atoms with Gasteiger partial charge in [-0.25, -0.2) is 9.97 Å². The molecule has 4 fully saturated rings. The fourth-order valence-electron chi connectivity index (χ4n) is 8.88. The summed E-state index contributed by atoms with van der Waals surface area (Å²) < 4.78 is 4.00. The Kier molecular flexibility index (Phi) is 14.3. The third-order valence-corrected chi connectivity index (χ3v) is 12.1. The summed E-state index contributed by atoms with van der Waals surface area (Å²) in [5, 5.41) is 9.33. The number of carbonyl (C=O) groups excluding carboxylic acids is 1. The summed E-state index contributed by atoms with van der Waals surface area (Å²) in [7, 11) is 2.23. The van der Waals surface area contributed by atoms with Crippen LogP contribution >= 0.6 is 11.6 Å². The molecule has 2 saturated heterocycles. The van der Waals surface area contributed by atoms with Crippen LogP contribution in [0.5, 0.6) is 0 Å². The number of aromatic nitrogens is 6. The largest absolute Gasteiger partial charge is 0.339 e. The van der Waals surface area contributed by atoms with E-state index < -0.39 is 6.04 Å². The number of rotatable bonds is 9. The van der Waals surface area contributed by atoms with Crippen molar-refractivity contribution in [3.8, 4) is 0 Å². The molecule has 0 spiro atoms. The predicted octanol–water partition coefficient (Wildman–Crippen LogP) is 4.07. The second-order valence-electron chi connectivity index (χ2n) is 15.3. The van der Waals surface area contributed by atoms with E-state index in [1.807, 2.05) is 51.2 Å². The third-order valence-electron chi connectivity index (χ3n) is 11.8. The van der Waals surface area contributed by atoms with Crippen molar-refractivity contribution in [3.63, 3.8) is 0 Å². The molecule has 51 heavy (non-hydrogen) atoms. The van der Waals surface area contributed by atoms with Crippen molar-refractivity contribution in [2.24, 2.45) is 17.6 Å². The first kappa shape index (κ1) is 37.8. The van der Waals surface area contributed by atoms with Crippen LogP contribution in [0.3, 0.4) is 0 Å². The van der Waals surface area contributed by atoms with Gasteiger partial charge in [-0.05, 0) is 68.7 Å². The predicted molar refractivity (Wildman–Crippen MR) is 201 cm³/mol. The molecular formula is C38H60ClN11O. The van der Waals surface area contributed by atoms with Crippen LogP contribution in [-0.2, 0) is 24.3 Å². The molecule has 2 N–H and O–H groups in total. The minimum atomic E-state index is -0.509. The number of likely N-dealkylation sites (N-methyl/N-ethyl adjacent to an activating group) is 1. The molecule has 4 unspecified atom stereocenters. The zero-order valence-electron chi connectivity index (χ0n) is 30.7. The van der Waals surface area contributed by atoms with Gasteiger partial charge >= 0.3 is 0 Å². The van der Waals surface area contributed by atoms with Crippen LogP contribution in [0.25, 0.3) is 0 Å². The van der Waals surface area contributed by atoms with Gasteiger partial charge in [-0.2, -0.15) is 10.2 Å². The van der Waals surface area contributed by atoms with E-state index in [1.165, 1.54) is 90.4 Å². The van der Waals surface area contributed by atoms with Gasteiger partial charge in [-0.3, -0.25) is 24.0 Å². The van der Waals surface area contributed by atoms with Gasteiger partial charge in [0.1, 0.15) is 25.3 Å². The number of nitrogens with zero attached hydrogens (tertiary/aromatic N) is 10. The average molecular weight is 722 g/mol. The van der Waals surface area contributed by atoms with E-state index in [0.717, 1.165) is 56.8 Å². The van der Waals surface area contributed by atoms with Crippen LogP contribution in [0, 0.1) is 11.8 Å². The van der Waals surface area contributed by atoms with Gasteiger partial charge in [0.15, 0.2) is 0 Å². The van der Waals surface area contributed by atoms with E-state index in [-0.39, 0.29) is 5.91 Å². The highest BCUT2D eigenvalue weighted by atomic mass is 35.5. The Balaban J connectivity index is 0.000000193. The summed E-state index contributed by atoms with van der Waals surface area (Å²) in [6, 6.07) is 8.35. The normalized spacial score (nSPS) is 26.5. The lowest BCUT2D eigenvalue weighted by molar-refractivity contribution is -0.134. The number of piperazine rings is 2.